The third kappa shape index (κ3) is 7.36. The number of sulfonamides is 2. The summed E-state index contributed by atoms with van der Waals surface area (Å²) in [5.41, 5.74) is 2.02. The molecule has 0 bridgehead atoms. The van der Waals surface area contributed by atoms with Crippen LogP contribution in [0.2, 0.25) is 0 Å². The Morgan fingerprint density at radius 2 is 0.972 bits per heavy atom. The minimum atomic E-state index is -3.59. The van der Waals surface area contributed by atoms with Crippen molar-refractivity contribution in [3.8, 4) is 0 Å². The van der Waals surface area contributed by atoms with Crippen molar-refractivity contribution in [2.75, 3.05) is 39.4 Å². The van der Waals surface area contributed by atoms with Crippen molar-refractivity contribution in [3.05, 3.63) is 59.7 Å². The lowest BCUT2D eigenvalue weighted by atomic mass is 10.2. The largest absolute Gasteiger partial charge is 0.372 e. The summed E-state index contributed by atoms with van der Waals surface area (Å²) in [5, 5.41) is 0. The molecular weight excluding hydrogens is 500 g/mol. The molecule has 2 unspecified atom stereocenters. The van der Waals surface area contributed by atoms with Gasteiger partial charge >= 0.3 is 0 Å². The van der Waals surface area contributed by atoms with Gasteiger partial charge in [0.25, 0.3) is 0 Å². The van der Waals surface area contributed by atoms with Gasteiger partial charge in [0.15, 0.2) is 0 Å². The molecule has 0 saturated carbocycles. The second-order valence-corrected chi connectivity index (χ2v) is 13.6. The Bertz CT molecular complexity index is 1110. The second kappa shape index (κ2) is 11.7. The second-order valence-electron chi connectivity index (χ2n) is 9.68. The summed E-state index contributed by atoms with van der Waals surface area (Å²) in [6.07, 6.45) is 2.96. The fourth-order valence-corrected chi connectivity index (χ4v) is 7.09. The zero-order valence-electron chi connectivity index (χ0n) is 21.0. The van der Waals surface area contributed by atoms with Gasteiger partial charge in [-0.15, -0.1) is 0 Å². The lowest BCUT2D eigenvalue weighted by Gasteiger charge is -2.22. The average molecular weight is 537 g/mol. The van der Waals surface area contributed by atoms with Gasteiger partial charge in [-0.05, 0) is 51.0 Å². The van der Waals surface area contributed by atoms with E-state index < -0.39 is 20.0 Å². The SMILES string of the molecule is Cc1ccc(S(=O)(=O)N(CCCCCCN(CC2CO2)S(=O)(=O)c2ccc(C)cc2)CC2CO2)cc1. The van der Waals surface area contributed by atoms with Gasteiger partial charge in [0.2, 0.25) is 20.0 Å². The smallest absolute Gasteiger partial charge is 0.243 e. The fraction of sp³-hybridized carbons (Fsp3) is 0.538. The molecule has 0 amide bonds. The maximum Gasteiger partial charge on any atom is 0.243 e. The molecule has 2 fully saturated rings. The van der Waals surface area contributed by atoms with E-state index in [0.29, 0.717) is 62.0 Å². The molecular formula is C26H36N2O6S2. The molecule has 2 aliphatic rings. The van der Waals surface area contributed by atoms with Crippen LogP contribution < -0.4 is 0 Å². The number of rotatable bonds is 15. The molecule has 0 spiro atoms. The third-order valence-electron chi connectivity index (χ3n) is 6.50. The van der Waals surface area contributed by atoms with Crippen LogP contribution in [-0.2, 0) is 29.5 Å². The van der Waals surface area contributed by atoms with Crippen LogP contribution in [0.25, 0.3) is 0 Å². The van der Waals surface area contributed by atoms with Crippen LogP contribution in [0.4, 0.5) is 0 Å². The van der Waals surface area contributed by atoms with E-state index in [2.05, 4.69) is 0 Å². The van der Waals surface area contributed by atoms with E-state index in [4.69, 9.17) is 9.47 Å². The van der Waals surface area contributed by atoms with E-state index in [-0.39, 0.29) is 12.2 Å². The summed E-state index contributed by atoms with van der Waals surface area (Å²) >= 11 is 0. The van der Waals surface area contributed by atoms with E-state index >= 15 is 0 Å². The maximum atomic E-state index is 13.2. The molecule has 2 aliphatic heterocycles. The number of benzene rings is 2. The van der Waals surface area contributed by atoms with E-state index in [1.807, 2.05) is 38.1 Å². The number of epoxide rings is 2. The molecule has 2 atom stereocenters. The van der Waals surface area contributed by atoms with Crippen molar-refractivity contribution in [1.29, 1.82) is 0 Å². The van der Waals surface area contributed by atoms with Crippen LogP contribution in [0.15, 0.2) is 58.3 Å². The van der Waals surface area contributed by atoms with Crippen molar-refractivity contribution in [3.63, 3.8) is 0 Å². The number of unbranched alkanes of at least 4 members (excludes halogenated alkanes) is 3. The number of hydrogen-bond donors (Lipinski definition) is 0. The first-order valence-corrected chi connectivity index (χ1v) is 15.4. The summed E-state index contributed by atoms with van der Waals surface area (Å²) in [6, 6.07) is 13.8. The fourth-order valence-electron chi connectivity index (χ4n) is 4.07. The highest BCUT2D eigenvalue weighted by molar-refractivity contribution is 7.89. The molecule has 0 radical (unpaired) electrons. The Morgan fingerprint density at radius 3 is 1.28 bits per heavy atom. The van der Waals surface area contributed by atoms with Crippen molar-refractivity contribution in [2.24, 2.45) is 0 Å². The predicted molar refractivity (Wildman–Crippen MR) is 138 cm³/mol. The van der Waals surface area contributed by atoms with Crippen LogP contribution in [-0.4, -0.2) is 77.0 Å². The first-order chi connectivity index (χ1) is 17.2. The molecule has 8 nitrogen and oxygen atoms in total. The zero-order chi connectivity index (χ0) is 25.8. The lowest BCUT2D eigenvalue weighted by molar-refractivity contribution is 0.322. The van der Waals surface area contributed by atoms with Gasteiger partial charge in [0, 0.05) is 26.2 Å². The Kier molecular flexibility index (Phi) is 8.85. The minimum absolute atomic E-state index is 0.0320. The van der Waals surface area contributed by atoms with Crippen LogP contribution in [0.3, 0.4) is 0 Å². The normalized spacial score (nSPS) is 19.7. The maximum absolute atomic E-state index is 13.2. The monoisotopic (exact) mass is 536 g/mol. The number of hydrogen-bond acceptors (Lipinski definition) is 6. The van der Waals surface area contributed by atoms with Crippen molar-refractivity contribution < 1.29 is 26.3 Å². The first kappa shape index (κ1) is 27.2. The Labute approximate surface area is 215 Å². The number of aryl methyl sites for hydroxylation is 2. The van der Waals surface area contributed by atoms with Crippen LogP contribution in [0.1, 0.15) is 36.8 Å². The van der Waals surface area contributed by atoms with E-state index in [1.54, 1.807) is 24.3 Å². The molecule has 2 aromatic carbocycles. The van der Waals surface area contributed by atoms with Crippen LogP contribution in [0.5, 0.6) is 0 Å². The van der Waals surface area contributed by atoms with Gasteiger partial charge in [0.1, 0.15) is 0 Å². The molecule has 0 aliphatic carbocycles. The average Bonchev–Trinajstić information content (AvgIpc) is 3.76. The Balaban J connectivity index is 1.29. The summed E-state index contributed by atoms with van der Waals surface area (Å²) in [5.74, 6) is 0. The summed E-state index contributed by atoms with van der Waals surface area (Å²) < 4.78 is 66.3. The summed E-state index contributed by atoms with van der Waals surface area (Å²) in [6.45, 7) is 6.59. The van der Waals surface area contributed by atoms with Crippen molar-refractivity contribution >= 4 is 20.0 Å². The molecule has 2 heterocycles. The molecule has 36 heavy (non-hydrogen) atoms. The van der Waals surface area contributed by atoms with E-state index in [1.165, 1.54) is 8.61 Å². The molecule has 4 rings (SSSR count). The summed E-state index contributed by atoms with van der Waals surface area (Å²) in [4.78, 5) is 0.598. The van der Waals surface area contributed by atoms with Gasteiger partial charge in [-0.2, -0.15) is 8.61 Å². The number of nitrogens with zero attached hydrogens (tertiary/aromatic N) is 2. The topological polar surface area (TPSA) is 99.8 Å². The summed E-state index contributed by atoms with van der Waals surface area (Å²) in [7, 11) is -7.17. The molecule has 2 aromatic rings. The van der Waals surface area contributed by atoms with Crippen molar-refractivity contribution in [1.82, 2.24) is 8.61 Å². The molecule has 198 valence electrons. The zero-order valence-corrected chi connectivity index (χ0v) is 22.6. The minimum Gasteiger partial charge on any atom is -0.372 e. The van der Waals surface area contributed by atoms with Gasteiger partial charge in [-0.25, -0.2) is 16.8 Å². The Hall–Kier alpha value is -1.82. The van der Waals surface area contributed by atoms with E-state index in [0.717, 1.165) is 24.0 Å². The molecule has 2 saturated heterocycles. The molecule has 0 N–H and O–H groups in total. The highest BCUT2D eigenvalue weighted by atomic mass is 32.2. The highest BCUT2D eigenvalue weighted by Gasteiger charge is 2.33. The van der Waals surface area contributed by atoms with Crippen LogP contribution in [0, 0.1) is 13.8 Å². The van der Waals surface area contributed by atoms with Crippen molar-refractivity contribution in [2.45, 2.75) is 61.5 Å². The highest BCUT2D eigenvalue weighted by Crippen LogP contribution is 2.23. The van der Waals surface area contributed by atoms with Gasteiger partial charge < -0.3 is 9.47 Å². The standard InChI is InChI=1S/C26H36N2O6S2/c1-21-7-11-25(12-8-21)35(29,30)27(17-23-19-33-23)15-5-3-4-6-16-28(18-24-20-34-24)36(31,32)26-13-9-22(2)10-14-26/h7-14,23-24H,3-6,15-20H2,1-2H3. The van der Waals surface area contributed by atoms with Gasteiger partial charge in [-0.3, -0.25) is 0 Å². The third-order valence-corrected chi connectivity index (χ3v) is 10.3. The quantitative estimate of drug-likeness (QED) is 0.256. The van der Waals surface area contributed by atoms with Gasteiger partial charge in [0.05, 0.1) is 35.2 Å². The Morgan fingerprint density at radius 1 is 0.639 bits per heavy atom. The van der Waals surface area contributed by atoms with Crippen LogP contribution >= 0.6 is 0 Å². The first-order valence-electron chi connectivity index (χ1n) is 12.5. The lowest BCUT2D eigenvalue weighted by Crippen LogP contribution is -2.35. The molecule has 10 heteroatoms. The van der Waals surface area contributed by atoms with E-state index in [9.17, 15) is 16.8 Å². The molecule has 0 aromatic heterocycles. The number of ether oxygens (including phenoxy) is 2. The predicted octanol–water partition coefficient (Wildman–Crippen LogP) is 3.34. The van der Waals surface area contributed by atoms with Gasteiger partial charge in [-0.1, -0.05) is 48.2 Å².